The van der Waals surface area contributed by atoms with E-state index >= 15 is 0 Å². The molecule has 0 bridgehead atoms. The first-order chi connectivity index (χ1) is 11.2. The van der Waals surface area contributed by atoms with E-state index in [1.807, 2.05) is 24.3 Å². The van der Waals surface area contributed by atoms with Gasteiger partial charge >= 0.3 is 0 Å². The molecule has 0 atom stereocenters. The van der Waals surface area contributed by atoms with Crippen LogP contribution in [0.15, 0.2) is 53.6 Å². The average Bonchev–Trinajstić information content (AvgIpc) is 2.57. The third-order valence-corrected chi connectivity index (χ3v) is 3.11. The van der Waals surface area contributed by atoms with Gasteiger partial charge in [-0.05, 0) is 42.3 Å². The zero-order valence-electron chi connectivity index (χ0n) is 12.9. The smallest absolute Gasteiger partial charge is 0.271 e. The van der Waals surface area contributed by atoms with Crippen molar-refractivity contribution in [2.24, 2.45) is 5.10 Å². The van der Waals surface area contributed by atoms with Crippen LogP contribution in [0.25, 0.3) is 0 Å². The predicted molar refractivity (Wildman–Crippen MR) is 91.2 cm³/mol. The fourth-order valence-corrected chi connectivity index (χ4v) is 1.85. The summed E-state index contributed by atoms with van der Waals surface area (Å²) >= 11 is 0. The Morgan fingerprint density at radius 2 is 2.04 bits per heavy atom. The number of hydrazone groups is 1. The van der Waals surface area contributed by atoms with Gasteiger partial charge in [-0.2, -0.15) is 5.10 Å². The molecule has 6 nitrogen and oxygen atoms in total. The van der Waals surface area contributed by atoms with Crippen LogP contribution in [0.3, 0.4) is 0 Å². The van der Waals surface area contributed by atoms with Crippen LogP contribution in [0.5, 0.6) is 5.75 Å². The van der Waals surface area contributed by atoms with E-state index in [9.17, 15) is 10.1 Å². The van der Waals surface area contributed by atoms with Crippen molar-refractivity contribution in [1.82, 2.24) is 0 Å². The summed E-state index contributed by atoms with van der Waals surface area (Å²) in [6.07, 6.45) is 3.79. The van der Waals surface area contributed by atoms with Crippen molar-refractivity contribution >= 4 is 17.6 Å². The predicted octanol–water partition coefficient (Wildman–Crippen LogP) is 4.22. The quantitative estimate of drug-likeness (QED) is 0.342. The molecule has 2 rings (SSSR count). The first kappa shape index (κ1) is 16.5. The van der Waals surface area contributed by atoms with Crippen LogP contribution in [-0.4, -0.2) is 17.7 Å². The lowest BCUT2D eigenvalue weighted by atomic mass is 10.2. The molecule has 0 aliphatic carbocycles. The maximum atomic E-state index is 10.7. The van der Waals surface area contributed by atoms with Crippen molar-refractivity contribution in [3.8, 4) is 5.75 Å². The minimum atomic E-state index is -0.438. The van der Waals surface area contributed by atoms with Gasteiger partial charge in [0.15, 0.2) is 0 Å². The number of nitrogens with zero attached hydrogens (tertiary/aromatic N) is 2. The fraction of sp³-hybridized carbons (Fsp3) is 0.235. The maximum absolute atomic E-state index is 10.7. The van der Waals surface area contributed by atoms with Crippen LogP contribution in [0.4, 0.5) is 11.4 Å². The number of hydrogen-bond donors (Lipinski definition) is 1. The third-order valence-electron chi connectivity index (χ3n) is 3.11. The summed E-state index contributed by atoms with van der Waals surface area (Å²) in [4.78, 5) is 10.3. The largest absolute Gasteiger partial charge is 0.494 e. The van der Waals surface area contributed by atoms with Gasteiger partial charge in [0.25, 0.3) is 5.69 Å². The summed E-state index contributed by atoms with van der Waals surface area (Å²) in [5, 5.41) is 14.8. The lowest BCUT2D eigenvalue weighted by Gasteiger charge is -2.05. The van der Waals surface area contributed by atoms with E-state index in [0.29, 0.717) is 5.69 Å². The molecule has 0 heterocycles. The second kappa shape index (κ2) is 8.53. The van der Waals surface area contributed by atoms with E-state index in [0.717, 1.165) is 30.8 Å². The normalized spacial score (nSPS) is 10.7. The highest BCUT2D eigenvalue weighted by molar-refractivity contribution is 5.80. The van der Waals surface area contributed by atoms with Crippen molar-refractivity contribution in [2.45, 2.75) is 19.8 Å². The molecule has 0 unspecified atom stereocenters. The monoisotopic (exact) mass is 313 g/mol. The molecular weight excluding hydrogens is 294 g/mol. The van der Waals surface area contributed by atoms with Crippen molar-refractivity contribution in [1.29, 1.82) is 0 Å². The number of anilines is 1. The molecule has 0 aliphatic rings. The maximum Gasteiger partial charge on any atom is 0.271 e. The summed E-state index contributed by atoms with van der Waals surface area (Å²) in [6.45, 7) is 2.84. The molecule has 1 N–H and O–H groups in total. The first-order valence-electron chi connectivity index (χ1n) is 7.45. The Morgan fingerprint density at radius 1 is 1.26 bits per heavy atom. The molecule has 23 heavy (non-hydrogen) atoms. The van der Waals surface area contributed by atoms with Crippen molar-refractivity contribution in [2.75, 3.05) is 12.0 Å². The van der Waals surface area contributed by atoms with Crippen molar-refractivity contribution in [3.05, 3.63) is 64.2 Å². The zero-order valence-corrected chi connectivity index (χ0v) is 12.9. The molecule has 0 aliphatic heterocycles. The van der Waals surface area contributed by atoms with E-state index in [4.69, 9.17) is 4.74 Å². The SMILES string of the molecule is CCCCOc1ccc(C=NNc2cccc([N+](=O)[O-])c2)cc1. The van der Waals surface area contributed by atoms with E-state index in [2.05, 4.69) is 17.5 Å². The summed E-state index contributed by atoms with van der Waals surface area (Å²) in [6, 6.07) is 13.8. The average molecular weight is 313 g/mol. The highest BCUT2D eigenvalue weighted by atomic mass is 16.6. The summed E-state index contributed by atoms with van der Waals surface area (Å²) in [5.41, 5.74) is 4.28. The van der Waals surface area contributed by atoms with Gasteiger partial charge in [-0.15, -0.1) is 0 Å². The molecule has 0 radical (unpaired) electrons. The van der Waals surface area contributed by atoms with Crippen LogP contribution in [0.1, 0.15) is 25.3 Å². The second-order valence-electron chi connectivity index (χ2n) is 4.95. The van der Waals surface area contributed by atoms with Crippen LogP contribution >= 0.6 is 0 Å². The summed E-state index contributed by atoms with van der Waals surface area (Å²) < 4.78 is 5.59. The summed E-state index contributed by atoms with van der Waals surface area (Å²) in [5.74, 6) is 0.835. The fourth-order valence-electron chi connectivity index (χ4n) is 1.85. The molecule has 0 amide bonds. The molecule has 2 aromatic rings. The van der Waals surface area contributed by atoms with E-state index < -0.39 is 4.92 Å². The van der Waals surface area contributed by atoms with Crippen LogP contribution < -0.4 is 10.2 Å². The van der Waals surface area contributed by atoms with Crippen molar-refractivity contribution < 1.29 is 9.66 Å². The lowest BCUT2D eigenvalue weighted by Crippen LogP contribution is -1.96. The van der Waals surface area contributed by atoms with Crippen LogP contribution in [0.2, 0.25) is 0 Å². The molecule has 2 aromatic carbocycles. The highest BCUT2D eigenvalue weighted by Gasteiger charge is 2.04. The van der Waals surface area contributed by atoms with Gasteiger partial charge in [0.05, 0.1) is 23.4 Å². The highest BCUT2D eigenvalue weighted by Crippen LogP contribution is 2.17. The second-order valence-corrected chi connectivity index (χ2v) is 4.95. The Hall–Kier alpha value is -2.89. The van der Waals surface area contributed by atoms with Gasteiger partial charge in [0, 0.05) is 12.1 Å². The Bertz CT molecular complexity index is 669. The molecule has 0 saturated heterocycles. The molecule has 120 valence electrons. The molecule has 0 spiro atoms. The molecular formula is C17H19N3O3. The Kier molecular flexibility index (Phi) is 6.11. The molecule has 0 fully saturated rings. The number of nitrogens with one attached hydrogen (secondary N) is 1. The Balaban J connectivity index is 1.90. The number of unbranched alkanes of at least 4 members (excludes halogenated alkanes) is 1. The van der Waals surface area contributed by atoms with E-state index in [-0.39, 0.29) is 5.69 Å². The third kappa shape index (κ3) is 5.43. The number of non-ortho nitro benzene ring substituents is 1. The van der Waals surface area contributed by atoms with Gasteiger partial charge in [0.2, 0.25) is 0 Å². The van der Waals surface area contributed by atoms with E-state index in [1.165, 1.54) is 12.1 Å². The number of benzene rings is 2. The van der Waals surface area contributed by atoms with Gasteiger partial charge in [-0.3, -0.25) is 15.5 Å². The number of ether oxygens (including phenoxy) is 1. The van der Waals surface area contributed by atoms with Crippen LogP contribution in [-0.2, 0) is 0 Å². The van der Waals surface area contributed by atoms with E-state index in [1.54, 1.807) is 18.3 Å². The standard InChI is InChI=1S/C17H19N3O3/c1-2-3-11-23-17-9-7-14(8-10-17)13-18-19-15-5-4-6-16(12-15)20(21)22/h4-10,12-13,19H,2-3,11H2,1H3. The number of rotatable bonds is 8. The number of nitro benzene ring substituents is 1. The molecule has 0 aromatic heterocycles. The summed E-state index contributed by atoms with van der Waals surface area (Å²) in [7, 11) is 0. The van der Waals surface area contributed by atoms with Crippen molar-refractivity contribution in [3.63, 3.8) is 0 Å². The topological polar surface area (TPSA) is 76.8 Å². The zero-order chi connectivity index (χ0) is 16.5. The lowest BCUT2D eigenvalue weighted by molar-refractivity contribution is -0.384. The first-order valence-corrected chi connectivity index (χ1v) is 7.45. The molecule has 6 heteroatoms. The van der Waals surface area contributed by atoms with Gasteiger partial charge < -0.3 is 4.74 Å². The van der Waals surface area contributed by atoms with Crippen LogP contribution in [0, 0.1) is 10.1 Å². The number of hydrogen-bond acceptors (Lipinski definition) is 5. The minimum Gasteiger partial charge on any atom is -0.494 e. The Morgan fingerprint density at radius 3 is 2.74 bits per heavy atom. The Labute approximate surface area is 134 Å². The minimum absolute atomic E-state index is 0.0266. The van der Waals surface area contributed by atoms with Gasteiger partial charge in [-0.1, -0.05) is 19.4 Å². The van der Waals surface area contributed by atoms with Gasteiger partial charge in [-0.25, -0.2) is 0 Å². The molecule has 0 saturated carbocycles. The number of nitro groups is 1. The van der Waals surface area contributed by atoms with Gasteiger partial charge in [0.1, 0.15) is 5.75 Å².